The first-order chi connectivity index (χ1) is 8.00. The van der Waals surface area contributed by atoms with Gasteiger partial charge in [0.1, 0.15) is 5.75 Å². The number of aliphatic carboxylic acids is 1. The van der Waals surface area contributed by atoms with E-state index in [2.05, 4.69) is 4.74 Å². The average Bonchev–Trinajstić information content (AvgIpc) is 2.26. The van der Waals surface area contributed by atoms with E-state index in [9.17, 15) is 18.4 Å². The second kappa shape index (κ2) is 5.74. The zero-order valence-corrected chi connectivity index (χ0v) is 8.47. The van der Waals surface area contributed by atoms with Crippen LogP contribution >= 0.6 is 0 Å². The Morgan fingerprint density at radius 3 is 2.53 bits per heavy atom. The largest absolute Gasteiger partial charge is 0.475 e. The van der Waals surface area contributed by atoms with Gasteiger partial charge in [-0.2, -0.15) is 8.78 Å². The van der Waals surface area contributed by atoms with Crippen molar-refractivity contribution in [1.29, 1.82) is 0 Å². The third-order valence-electron chi connectivity index (χ3n) is 1.76. The first-order valence-corrected chi connectivity index (χ1v) is 4.50. The lowest BCUT2D eigenvalue weighted by molar-refractivity contribution is -0.146. The Morgan fingerprint density at radius 1 is 1.29 bits per heavy atom. The molecule has 90 valence electrons. The molecule has 4 nitrogen and oxygen atoms in total. The Hall–Kier alpha value is -2.24. The SMILES string of the molecule is O=C(O)C(=O)/C=C/c1ccccc1OC(F)F. The van der Waals surface area contributed by atoms with Crippen molar-refractivity contribution in [3.8, 4) is 5.75 Å². The van der Waals surface area contributed by atoms with E-state index in [1.807, 2.05) is 0 Å². The summed E-state index contributed by atoms with van der Waals surface area (Å²) in [6.07, 6.45) is 1.88. The fraction of sp³-hybridized carbons (Fsp3) is 0.0909. The van der Waals surface area contributed by atoms with Gasteiger partial charge in [-0.25, -0.2) is 4.79 Å². The Labute approximate surface area is 95.1 Å². The molecule has 0 fully saturated rings. The Bertz CT molecular complexity index is 455. The summed E-state index contributed by atoms with van der Waals surface area (Å²) in [6, 6.07) is 5.73. The van der Waals surface area contributed by atoms with E-state index in [1.165, 1.54) is 18.2 Å². The minimum Gasteiger partial charge on any atom is -0.475 e. The lowest BCUT2D eigenvalue weighted by atomic mass is 10.1. The van der Waals surface area contributed by atoms with Gasteiger partial charge in [0.25, 0.3) is 5.78 Å². The summed E-state index contributed by atoms with van der Waals surface area (Å²) in [4.78, 5) is 21.0. The monoisotopic (exact) mass is 242 g/mol. The van der Waals surface area contributed by atoms with E-state index in [4.69, 9.17) is 5.11 Å². The van der Waals surface area contributed by atoms with E-state index in [-0.39, 0.29) is 11.3 Å². The maximum atomic E-state index is 12.0. The van der Waals surface area contributed by atoms with E-state index in [1.54, 1.807) is 6.07 Å². The van der Waals surface area contributed by atoms with Gasteiger partial charge in [-0.15, -0.1) is 0 Å². The van der Waals surface area contributed by atoms with Crippen LogP contribution in [0.5, 0.6) is 5.75 Å². The molecule has 0 aliphatic rings. The molecule has 1 aromatic rings. The zero-order chi connectivity index (χ0) is 12.8. The number of benzene rings is 1. The molecule has 0 aliphatic heterocycles. The number of halogens is 2. The number of para-hydroxylation sites is 1. The number of carboxylic acid groups (broad SMARTS) is 1. The Kier molecular flexibility index (Phi) is 4.33. The normalized spacial score (nSPS) is 10.8. The highest BCUT2D eigenvalue weighted by Crippen LogP contribution is 2.21. The number of hydrogen-bond donors (Lipinski definition) is 1. The molecule has 0 saturated heterocycles. The third-order valence-corrected chi connectivity index (χ3v) is 1.76. The Morgan fingerprint density at radius 2 is 1.94 bits per heavy atom. The molecule has 0 aromatic heterocycles. The van der Waals surface area contributed by atoms with E-state index < -0.39 is 18.4 Å². The van der Waals surface area contributed by atoms with E-state index in [0.717, 1.165) is 12.2 Å². The predicted molar refractivity (Wildman–Crippen MR) is 54.8 cm³/mol. The van der Waals surface area contributed by atoms with Crippen LogP contribution in [0.15, 0.2) is 30.3 Å². The number of carbonyl (C=O) groups is 2. The lowest BCUT2D eigenvalue weighted by Gasteiger charge is -2.06. The van der Waals surface area contributed by atoms with Crippen LogP contribution in [-0.4, -0.2) is 23.5 Å². The molecule has 6 heteroatoms. The van der Waals surface area contributed by atoms with Crippen molar-refractivity contribution in [1.82, 2.24) is 0 Å². The summed E-state index contributed by atoms with van der Waals surface area (Å²) in [5.74, 6) is -2.89. The fourth-order valence-electron chi connectivity index (χ4n) is 1.06. The van der Waals surface area contributed by atoms with E-state index in [0.29, 0.717) is 0 Å². The fourth-order valence-corrected chi connectivity index (χ4v) is 1.06. The number of ketones is 1. The molecule has 0 spiro atoms. The van der Waals surface area contributed by atoms with Crippen molar-refractivity contribution in [2.24, 2.45) is 0 Å². The van der Waals surface area contributed by atoms with Crippen LogP contribution in [-0.2, 0) is 9.59 Å². The number of alkyl halides is 2. The first kappa shape index (κ1) is 12.8. The smallest absolute Gasteiger partial charge is 0.387 e. The van der Waals surface area contributed by atoms with Crippen LogP contribution in [0, 0.1) is 0 Å². The van der Waals surface area contributed by atoms with Crippen molar-refractivity contribution < 1.29 is 28.2 Å². The minimum atomic E-state index is -2.99. The van der Waals surface area contributed by atoms with E-state index >= 15 is 0 Å². The van der Waals surface area contributed by atoms with Crippen LogP contribution in [0.4, 0.5) is 8.78 Å². The van der Waals surface area contributed by atoms with Gasteiger partial charge in [0, 0.05) is 5.56 Å². The Balaban J connectivity index is 2.90. The highest BCUT2D eigenvalue weighted by molar-refractivity contribution is 6.38. The third kappa shape index (κ3) is 4.02. The molecule has 1 aromatic carbocycles. The average molecular weight is 242 g/mol. The molecular formula is C11H8F2O4. The summed E-state index contributed by atoms with van der Waals surface area (Å²) < 4.78 is 28.2. The van der Waals surface area contributed by atoms with Gasteiger partial charge in [0.2, 0.25) is 0 Å². The molecule has 0 amide bonds. The van der Waals surface area contributed by atoms with Crippen molar-refractivity contribution in [3.05, 3.63) is 35.9 Å². The summed E-state index contributed by atoms with van der Waals surface area (Å²) in [7, 11) is 0. The highest BCUT2D eigenvalue weighted by atomic mass is 19.3. The molecule has 17 heavy (non-hydrogen) atoms. The molecule has 0 unspecified atom stereocenters. The zero-order valence-electron chi connectivity index (χ0n) is 8.47. The summed E-state index contributed by atoms with van der Waals surface area (Å²) >= 11 is 0. The van der Waals surface area contributed by atoms with Gasteiger partial charge in [-0.05, 0) is 18.2 Å². The predicted octanol–water partition coefficient (Wildman–Crippen LogP) is 1.95. The molecule has 0 heterocycles. The molecule has 1 rings (SSSR count). The second-order valence-electron chi connectivity index (χ2n) is 2.92. The number of rotatable bonds is 5. The van der Waals surface area contributed by atoms with Crippen LogP contribution in [0.25, 0.3) is 6.08 Å². The minimum absolute atomic E-state index is 0.128. The number of ether oxygens (including phenoxy) is 1. The molecule has 1 N–H and O–H groups in total. The second-order valence-corrected chi connectivity index (χ2v) is 2.92. The molecular weight excluding hydrogens is 234 g/mol. The van der Waals surface area contributed by atoms with Crippen molar-refractivity contribution in [3.63, 3.8) is 0 Å². The van der Waals surface area contributed by atoms with Gasteiger partial charge in [0.05, 0.1) is 0 Å². The van der Waals surface area contributed by atoms with Gasteiger partial charge in [0.15, 0.2) is 0 Å². The van der Waals surface area contributed by atoms with Gasteiger partial charge in [-0.3, -0.25) is 4.79 Å². The molecule has 0 aliphatic carbocycles. The molecule has 0 saturated carbocycles. The summed E-state index contributed by atoms with van der Waals surface area (Å²) in [6.45, 7) is -2.99. The maximum Gasteiger partial charge on any atom is 0.387 e. The highest BCUT2D eigenvalue weighted by Gasteiger charge is 2.09. The summed E-state index contributed by atoms with van der Waals surface area (Å²) in [5.41, 5.74) is 0.197. The number of carboxylic acids is 1. The first-order valence-electron chi connectivity index (χ1n) is 4.50. The van der Waals surface area contributed by atoms with Crippen molar-refractivity contribution in [2.45, 2.75) is 6.61 Å². The molecule has 0 radical (unpaired) electrons. The quantitative estimate of drug-likeness (QED) is 0.633. The van der Waals surface area contributed by atoms with Crippen molar-refractivity contribution >= 4 is 17.8 Å². The van der Waals surface area contributed by atoms with Gasteiger partial charge in [-0.1, -0.05) is 18.2 Å². The summed E-state index contributed by atoms with van der Waals surface area (Å²) in [5, 5.41) is 8.32. The lowest BCUT2D eigenvalue weighted by Crippen LogP contribution is -2.08. The van der Waals surface area contributed by atoms with Crippen molar-refractivity contribution in [2.75, 3.05) is 0 Å². The standard InChI is InChI=1S/C11H8F2O4/c12-11(13)17-9-4-2-1-3-7(9)5-6-8(14)10(15)16/h1-6,11H,(H,15,16)/b6-5+. The molecule has 0 atom stereocenters. The number of carbonyl (C=O) groups excluding carboxylic acids is 1. The van der Waals surface area contributed by atoms with Gasteiger partial charge >= 0.3 is 12.6 Å². The van der Waals surface area contributed by atoms with Gasteiger partial charge < -0.3 is 9.84 Å². The molecule has 0 bridgehead atoms. The van der Waals surface area contributed by atoms with Crippen LogP contribution < -0.4 is 4.74 Å². The van der Waals surface area contributed by atoms with Crippen LogP contribution in [0.3, 0.4) is 0 Å². The number of hydrogen-bond acceptors (Lipinski definition) is 3. The maximum absolute atomic E-state index is 12.0. The van der Waals surface area contributed by atoms with Crippen LogP contribution in [0.1, 0.15) is 5.56 Å². The topological polar surface area (TPSA) is 63.6 Å². The van der Waals surface area contributed by atoms with Crippen LogP contribution in [0.2, 0.25) is 0 Å².